The number of hydrogen-bond donors (Lipinski definition) is 0. The van der Waals surface area contributed by atoms with E-state index >= 15 is 0 Å². The SMILES string of the molecule is CCCCCCCOC(=O)C(C)c1cccc(C(=O)c2ccccc2)c1. The van der Waals surface area contributed by atoms with Crippen molar-refractivity contribution < 1.29 is 14.3 Å². The fourth-order valence-corrected chi connectivity index (χ4v) is 2.84. The molecule has 0 amide bonds. The molecule has 0 saturated heterocycles. The minimum atomic E-state index is -0.380. The predicted octanol–water partition coefficient (Wildman–Crippen LogP) is 5.53. The number of esters is 1. The van der Waals surface area contributed by atoms with Crippen LogP contribution in [0.1, 0.15) is 73.4 Å². The molecule has 0 aliphatic rings. The van der Waals surface area contributed by atoms with E-state index in [9.17, 15) is 9.59 Å². The molecule has 0 fully saturated rings. The van der Waals surface area contributed by atoms with Gasteiger partial charge in [0.1, 0.15) is 0 Å². The Morgan fingerprint density at radius 2 is 1.58 bits per heavy atom. The average Bonchev–Trinajstić information content (AvgIpc) is 2.70. The van der Waals surface area contributed by atoms with Crippen molar-refractivity contribution in [3.63, 3.8) is 0 Å². The van der Waals surface area contributed by atoms with Gasteiger partial charge in [-0.3, -0.25) is 9.59 Å². The van der Waals surface area contributed by atoms with Crippen LogP contribution in [-0.4, -0.2) is 18.4 Å². The van der Waals surface area contributed by atoms with Crippen LogP contribution < -0.4 is 0 Å². The minimum absolute atomic E-state index is 0.0380. The highest BCUT2D eigenvalue weighted by atomic mass is 16.5. The second-order valence-electron chi connectivity index (χ2n) is 6.62. The van der Waals surface area contributed by atoms with E-state index in [1.54, 1.807) is 24.3 Å². The first-order valence-electron chi connectivity index (χ1n) is 9.49. The van der Waals surface area contributed by atoms with Crippen LogP contribution in [0.2, 0.25) is 0 Å². The first kappa shape index (κ1) is 19.9. The van der Waals surface area contributed by atoms with Gasteiger partial charge in [-0.1, -0.05) is 81.1 Å². The molecule has 0 radical (unpaired) electrons. The maximum absolute atomic E-state index is 12.6. The van der Waals surface area contributed by atoms with Gasteiger partial charge in [0.05, 0.1) is 12.5 Å². The van der Waals surface area contributed by atoms with Crippen molar-refractivity contribution in [3.05, 3.63) is 71.3 Å². The number of carbonyl (C=O) groups excluding carboxylic acids is 2. The number of carbonyl (C=O) groups is 2. The highest BCUT2D eigenvalue weighted by Gasteiger charge is 2.18. The molecule has 0 aliphatic heterocycles. The Hall–Kier alpha value is -2.42. The zero-order valence-corrected chi connectivity index (χ0v) is 15.7. The van der Waals surface area contributed by atoms with Crippen molar-refractivity contribution in [3.8, 4) is 0 Å². The lowest BCUT2D eigenvalue weighted by Crippen LogP contribution is -2.14. The number of rotatable bonds is 10. The minimum Gasteiger partial charge on any atom is -0.465 e. The first-order chi connectivity index (χ1) is 12.6. The molecule has 1 unspecified atom stereocenters. The summed E-state index contributed by atoms with van der Waals surface area (Å²) in [5.41, 5.74) is 2.04. The third kappa shape index (κ3) is 5.83. The van der Waals surface area contributed by atoms with Gasteiger partial charge in [0.2, 0.25) is 0 Å². The smallest absolute Gasteiger partial charge is 0.313 e. The molecule has 0 N–H and O–H groups in total. The normalized spacial score (nSPS) is 11.8. The summed E-state index contributed by atoms with van der Waals surface area (Å²) in [6.07, 6.45) is 5.62. The van der Waals surface area contributed by atoms with Gasteiger partial charge in [-0.25, -0.2) is 0 Å². The van der Waals surface area contributed by atoms with Gasteiger partial charge in [-0.15, -0.1) is 0 Å². The molecule has 138 valence electrons. The molecule has 1 atom stereocenters. The van der Waals surface area contributed by atoms with Crippen LogP contribution in [0.4, 0.5) is 0 Å². The Morgan fingerprint density at radius 3 is 2.31 bits per heavy atom. The van der Waals surface area contributed by atoms with Crippen LogP contribution in [-0.2, 0) is 9.53 Å². The van der Waals surface area contributed by atoms with E-state index in [1.165, 1.54) is 19.3 Å². The largest absolute Gasteiger partial charge is 0.465 e. The number of benzene rings is 2. The molecule has 0 aliphatic carbocycles. The molecule has 0 bridgehead atoms. The maximum Gasteiger partial charge on any atom is 0.313 e. The Bertz CT molecular complexity index is 706. The topological polar surface area (TPSA) is 43.4 Å². The number of hydrogen-bond acceptors (Lipinski definition) is 3. The van der Waals surface area contributed by atoms with Crippen LogP contribution in [0.5, 0.6) is 0 Å². The van der Waals surface area contributed by atoms with Gasteiger partial charge in [0, 0.05) is 11.1 Å². The average molecular weight is 352 g/mol. The molecule has 3 heteroatoms. The van der Waals surface area contributed by atoms with E-state index in [0.717, 1.165) is 18.4 Å². The van der Waals surface area contributed by atoms with E-state index in [1.807, 2.05) is 37.3 Å². The van der Waals surface area contributed by atoms with E-state index in [4.69, 9.17) is 4.74 Å². The summed E-state index contributed by atoms with van der Waals surface area (Å²) in [5.74, 6) is -0.650. The zero-order chi connectivity index (χ0) is 18.8. The molecule has 0 heterocycles. The third-order valence-corrected chi connectivity index (χ3v) is 4.53. The molecule has 2 rings (SSSR count). The lowest BCUT2D eigenvalue weighted by atomic mass is 9.96. The Balaban J connectivity index is 1.94. The first-order valence-corrected chi connectivity index (χ1v) is 9.49. The fourth-order valence-electron chi connectivity index (χ4n) is 2.84. The lowest BCUT2D eigenvalue weighted by Gasteiger charge is -2.13. The van der Waals surface area contributed by atoms with Crippen molar-refractivity contribution in [1.29, 1.82) is 0 Å². The molecule has 2 aromatic carbocycles. The van der Waals surface area contributed by atoms with E-state index in [0.29, 0.717) is 17.7 Å². The molecule has 2 aromatic rings. The Labute approximate surface area is 156 Å². The highest BCUT2D eigenvalue weighted by Crippen LogP contribution is 2.20. The summed E-state index contributed by atoms with van der Waals surface area (Å²) in [5, 5.41) is 0. The van der Waals surface area contributed by atoms with Crippen molar-refractivity contribution in [2.24, 2.45) is 0 Å². The summed E-state index contributed by atoms with van der Waals surface area (Å²) in [4.78, 5) is 24.8. The molecular weight excluding hydrogens is 324 g/mol. The standard InChI is InChI=1S/C23H28O3/c1-3-4-5-6-10-16-26-23(25)18(2)20-14-11-15-21(17-20)22(24)19-12-8-7-9-13-19/h7-9,11-15,17-18H,3-6,10,16H2,1-2H3. The van der Waals surface area contributed by atoms with Crippen LogP contribution in [0, 0.1) is 0 Å². The second kappa shape index (κ2) is 10.5. The third-order valence-electron chi connectivity index (χ3n) is 4.53. The van der Waals surface area contributed by atoms with Crippen LogP contribution in [0.3, 0.4) is 0 Å². The summed E-state index contributed by atoms with van der Waals surface area (Å²) in [6.45, 7) is 4.47. The molecular formula is C23H28O3. The molecule has 0 saturated carbocycles. The maximum atomic E-state index is 12.6. The Kier molecular flexibility index (Phi) is 8.07. The molecule has 3 nitrogen and oxygen atoms in total. The summed E-state index contributed by atoms with van der Waals surface area (Å²) >= 11 is 0. The molecule has 0 aromatic heterocycles. The summed E-state index contributed by atoms with van der Waals surface area (Å²) in [7, 11) is 0. The van der Waals surface area contributed by atoms with Crippen LogP contribution in [0.25, 0.3) is 0 Å². The zero-order valence-electron chi connectivity index (χ0n) is 15.7. The fraction of sp³-hybridized carbons (Fsp3) is 0.391. The molecule has 0 spiro atoms. The van der Waals surface area contributed by atoms with Crippen molar-refractivity contribution in [2.45, 2.75) is 51.9 Å². The van der Waals surface area contributed by atoms with Crippen molar-refractivity contribution in [2.75, 3.05) is 6.61 Å². The number of ether oxygens (including phenoxy) is 1. The lowest BCUT2D eigenvalue weighted by molar-refractivity contribution is -0.145. The van der Waals surface area contributed by atoms with E-state index in [-0.39, 0.29) is 17.7 Å². The van der Waals surface area contributed by atoms with Gasteiger partial charge < -0.3 is 4.74 Å². The second-order valence-corrected chi connectivity index (χ2v) is 6.62. The van der Waals surface area contributed by atoms with Gasteiger partial charge in [0.25, 0.3) is 0 Å². The van der Waals surface area contributed by atoms with Gasteiger partial charge in [-0.2, -0.15) is 0 Å². The summed E-state index contributed by atoms with van der Waals surface area (Å²) < 4.78 is 5.40. The van der Waals surface area contributed by atoms with Gasteiger partial charge in [-0.05, 0) is 25.0 Å². The van der Waals surface area contributed by atoms with E-state index < -0.39 is 0 Å². The van der Waals surface area contributed by atoms with E-state index in [2.05, 4.69) is 6.92 Å². The Morgan fingerprint density at radius 1 is 0.885 bits per heavy atom. The highest BCUT2D eigenvalue weighted by molar-refractivity contribution is 6.09. The van der Waals surface area contributed by atoms with Gasteiger partial charge >= 0.3 is 5.97 Å². The van der Waals surface area contributed by atoms with Crippen LogP contribution in [0.15, 0.2) is 54.6 Å². The van der Waals surface area contributed by atoms with Crippen LogP contribution >= 0.6 is 0 Å². The summed E-state index contributed by atoms with van der Waals surface area (Å²) in [6, 6.07) is 16.4. The molecule has 26 heavy (non-hydrogen) atoms. The van der Waals surface area contributed by atoms with Crippen molar-refractivity contribution in [1.82, 2.24) is 0 Å². The number of ketones is 1. The quantitative estimate of drug-likeness (QED) is 0.320. The van der Waals surface area contributed by atoms with Gasteiger partial charge in [0.15, 0.2) is 5.78 Å². The monoisotopic (exact) mass is 352 g/mol. The number of unbranched alkanes of at least 4 members (excludes halogenated alkanes) is 4. The predicted molar refractivity (Wildman–Crippen MR) is 104 cm³/mol. The van der Waals surface area contributed by atoms with Crippen molar-refractivity contribution >= 4 is 11.8 Å².